The van der Waals surface area contributed by atoms with Gasteiger partial charge in [0.25, 0.3) is 0 Å². The van der Waals surface area contributed by atoms with Crippen LogP contribution in [0, 0.1) is 6.92 Å². The van der Waals surface area contributed by atoms with Gasteiger partial charge in [-0.3, -0.25) is 0 Å². The minimum Gasteiger partial charge on any atom is -0.493 e. The Kier molecular flexibility index (Phi) is 5.21. The number of hydrogen-bond acceptors (Lipinski definition) is 3. The van der Waals surface area contributed by atoms with Crippen LogP contribution in [-0.2, 0) is 6.54 Å². The maximum absolute atomic E-state index is 6.36. The maximum atomic E-state index is 6.36. The topological polar surface area (TPSA) is 30.5 Å². The summed E-state index contributed by atoms with van der Waals surface area (Å²) in [4.78, 5) is 0. The lowest BCUT2D eigenvalue weighted by atomic mass is 10.1. The lowest BCUT2D eigenvalue weighted by molar-refractivity contribution is 0.355. The third kappa shape index (κ3) is 3.36. The number of hydrogen-bond donors (Lipinski definition) is 1. The molecule has 2 aromatic carbocycles. The maximum Gasteiger partial charge on any atom is 0.179 e. The highest BCUT2D eigenvalue weighted by Crippen LogP contribution is 2.37. The number of halogens is 2. The van der Waals surface area contributed by atoms with Crippen molar-refractivity contribution in [1.29, 1.82) is 0 Å². The van der Waals surface area contributed by atoms with E-state index < -0.39 is 0 Å². The molecule has 0 heterocycles. The SMILES string of the molecule is COc1ccc(CNc2cccc(Cl)c2C)c(Cl)c1OC. The van der Waals surface area contributed by atoms with E-state index in [1.54, 1.807) is 14.2 Å². The number of rotatable bonds is 5. The average Bonchev–Trinajstić information content (AvgIpc) is 2.49. The van der Waals surface area contributed by atoms with Gasteiger partial charge >= 0.3 is 0 Å². The van der Waals surface area contributed by atoms with Crippen LogP contribution in [0.25, 0.3) is 0 Å². The molecule has 0 amide bonds. The molecule has 2 rings (SSSR count). The van der Waals surface area contributed by atoms with Crippen molar-refractivity contribution in [2.45, 2.75) is 13.5 Å². The van der Waals surface area contributed by atoms with Crippen LogP contribution in [0.15, 0.2) is 30.3 Å². The fourth-order valence-corrected chi connectivity index (χ4v) is 2.53. The van der Waals surface area contributed by atoms with Crippen molar-refractivity contribution in [3.8, 4) is 11.5 Å². The Hall–Kier alpha value is -1.58. The summed E-state index contributed by atoms with van der Waals surface area (Å²) in [5, 5.41) is 4.61. The Morgan fingerprint density at radius 2 is 1.81 bits per heavy atom. The minimum atomic E-state index is 0.543. The predicted octanol–water partition coefficient (Wildman–Crippen LogP) is 4.93. The van der Waals surface area contributed by atoms with E-state index in [1.807, 2.05) is 37.3 Å². The van der Waals surface area contributed by atoms with Gasteiger partial charge in [0.1, 0.15) is 0 Å². The van der Waals surface area contributed by atoms with E-state index in [0.717, 1.165) is 21.8 Å². The van der Waals surface area contributed by atoms with Crippen LogP contribution in [0.1, 0.15) is 11.1 Å². The van der Waals surface area contributed by atoms with Gasteiger partial charge in [-0.05, 0) is 36.2 Å². The van der Waals surface area contributed by atoms with E-state index >= 15 is 0 Å². The minimum absolute atomic E-state index is 0.543. The van der Waals surface area contributed by atoms with Crippen LogP contribution in [0.4, 0.5) is 5.69 Å². The first-order chi connectivity index (χ1) is 10.1. The third-order valence-electron chi connectivity index (χ3n) is 3.30. The van der Waals surface area contributed by atoms with Gasteiger partial charge in [-0.25, -0.2) is 0 Å². The molecule has 0 aromatic heterocycles. The molecule has 3 nitrogen and oxygen atoms in total. The summed E-state index contributed by atoms with van der Waals surface area (Å²) in [5.41, 5.74) is 2.91. The van der Waals surface area contributed by atoms with Crippen molar-refractivity contribution in [3.63, 3.8) is 0 Å². The summed E-state index contributed by atoms with van der Waals surface area (Å²) in [5.74, 6) is 1.16. The normalized spacial score (nSPS) is 10.3. The van der Waals surface area contributed by atoms with E-state index in [0.29, 0.717) is 23.1 Å². The second kappa shape index (κ2) is 6.92. The standard InChI is InChI=1S/C16H17Cl2NO2/c1-10-12(17)5-4-6-13(10)19-9-11-7-8-14(20-2)16(21-3)15(11)18/h4-8,19H,9H2,1-3H3. The molecule has 0 fully saturated rings. The zero-order valence-electron chi connectivity index (χ0n) is 12.2. The average molecular weight is 326 g/mol. The molecule has 0 saturated carbocycles. The van der Waals surface area contributed by atoms with E-state index in [4.69, 9.17) is 32.7 Å². The number of anilines is 1. The van der Waals surface area contributed by atoms with Crippen molar-refractivity contribution in [2.24, 2.45) is 0 Å². The molecule has 2 aromatic rings. The molecule has 0 bridgehead atoms. The Morgan fingerprint density at radius 3 is 2.48 bits per heavy atom. The van der Waals surface area contributed by atoms with E-state index in [9.17, 15) is 0 Å². The van der Waals surface area contributed by atoms with Gasteiger partial charge < -0.3 is 14.8 Å². The Balaban J connectivity index is 2.22. The Labute approximate surface area is 134 Å². The lowest BCUT2D eigenvalue weighted by Crippen LogP contribution is -2.03. The van der Waals surface area contributed by atoms with Crippen LogP contribution >= 0.6 is 23.2 Å². The summed E-state index contributed by atoms with van der Waals surface area (Å²) in [6.07, 6.45) is 0. The monoisotopic (exact) mass is 325 g/mol. The van der Waals surface area contributed by atoms with Crippen molar-refractivity contribution >= 4 is 28.9 Å². The first-order valence-electron chi connectivity index (χ1n) is 6.46. The molecule has 0 aliphatic rings. The molecule has 0 atom stereocenters. The zero-order valence-corrected chi connectivity index (χ0v) is 13.7. The van der Waals surface area contributed by atoms with Gasteiger partial charge in [-0.1, -0.05) is 35.3 Å². The van der Waals surface area contributed by atoms with Crippen LogP contribution in [-0.4, -0.2) is 14.2 Å². The van der Waals surface area contributed by atoms with Crippen molar-refractivity contribution < 1.29 is 9.47 Å². The van der Waals surface area contributed by atoms with Crippen LogP contribution < -0.4 is 14.8 Å². The summed E-state index contributed by atoms with van der Waals surface area (Å²) in [6.45, 7) is 2.54. The second-order valence-corrected chi connectivity index (χ2v) is 5.33. The lowest BCUT2D eigenvalue weighted by Gasteiger charge is -2.15. The molecule has 0 unspecified atom stereocenters. The highest BCUT2D eigenvalue weighted by Gasteiger charge is 2.13. The fourth-order valence-electron chi connectivity index (χ4n) is 2.06. The van der Waals surface area contributed by atoms with Crippen LogP contribution in [0.3, 0.4) is 0 Å². The molecule has 112 valence electrons. The summed E-state index contributed by atoms with van der Waals surface area (Å²) in [6, 6.07) is 9.51. The number of benzene rings is 2. The molecular formula is C16H17Cl2NO2. The highest BCUT2D eigenvalue weighted by atomic mass is 35.5. The van der Waals surface area contributed by atoms with Crippen molar-refractivity contribution in [3.05, 3.63) is 51.5 Å². The zero-order chi connectivity index (χ0) is 15.4. The molecule has 0 radical (unpaired) electrons. The summed E-state index contributed by atoms with van der Waals surface area (Å²) in [7, 11) is 3.16. The molecule has 5 heteroatoms. The third-order valence-corrected chi connectivity index (χ3v) is 4.13. The Morgan fingerprint density at radius 1 is 1.05 bits per heavy atom. The largest absolute Gasteiger partial charge is 0.493 e. The summed E-state index contributed by atoms with van der Waals surface area (Å²) < 4.78 is 10.5. The molecule has 21 heavy (non-hydrogen) atoms. The smallest absolute Gasteiger partial charge is 0.179 e. The van der Waals surface area contributed by atoms with Gasteiger partial charge in [-0.15, -0.1) is 0 Å². The van der Waals surface area contributed by atoms with Crippen LogP contribution in [0.5, 0.6) is 11.5 Å². The predicted molar refractivity (Wildman–Crippen MR) is 88.1 cm³/mol. The van der Waals surface area contributed by atoms with Crippen LogP contribution in [0.2, 0.25) is 10.0 Å². The van der Waals surface area contributed by atoms with Crippen molar-refractivity contribution in [2.75, 3.05) is 19.5 Å². The molecule has 1 N–H and O–H groups in total. The first kappa shape index (κ1) is 15.8. The van der Waals surface area contributed by atoms with Crippen molar-refractivity contribution in [1.82, 2.24) is 0 Å². The van der Waals surface area contributed by atoms with E-state index in [2.05, 4.69) is 5.32 Å². The molecule has 0 aliphatic heterocycles. The van der Waals surface area contributed by atoms with E-state index in [-0.39, 0.29) is 0 Å². The molecule has 0 spiro atoms. The van der Waals surface area contributed by atoms with Gasteiger partial charge in [0.05, 0.1) is 19.2 Å². The van der Waals surface area contributed by atoms with Gasteiger partial charge in [0, 0.05) is 17.3 Å². The Bertz CT molecular complexity index is 644. The molecular weight excluding hydrogens is 309 g/mol. The van der Waals surface area contributed by atoms with Gasteiger partial charge in [0.2, 0.25) is 0 Å². The van der Waals surface area contributed by atoms with E-state index in [1.165, 1.54) is 0 Å². The quantitative estimate of drug-likeness (QED) is 0.845. The number of nitrogens with one attached hydrogen (secondary N) is 1. The highest BCUT2D eigenvalue weighted by molar-refractivity contribution is 6.33. The number of ether oxygens (including phenoxy) is 2. The first-order valence-corrected chi connectivity index (χ1v) is 7.22. The molecule has 0 aliphatic carbocycles. The second-order valence-electron chi connectivity index (χ2n) is 4.54. The molecule has 0 saturated heterocycles. The fraction of sp³-hybridized carbons (Fsp3) is 0.250. The summed E-state index contributed by atoms with van der Waals surface area (Å²) >= 11 is 12.5. The van der Waals surface area contributed by atoms with Gasteiger partial charge in [0.15, 0.2) is 11.5 Å². The number of methoxy groups -OCH3 is 2. The van der Waals surface area contributed by atoms with Gasteiger partial charge in [-0.2, -0.15) is 0 Å².